The molecule has 0 spiro atoms. The van der Waals surface area contributed by atoms with E-state index >= 15 is 0 Å². The fourth-order valence-electron chi connectivity index (χ4n) is 2.83. The van der Waals surface area contributed by atoms with E-state index in [1.165, 1.54) is 18.0 Å². The van der Waals surface area contributed by atoms with Gasteiger partial charge < -0.3 is 10.6 Å². The highest BCUT2D eigenvalue weighted by atomic mass is 35.5. The highest BCUT2D eigenvalue weighted by Gasteiger charge is 2.12. The molecule has 160 valence electrons. The highest BCUT2D eigenvalue weighted by molar-refractivity contribution is 7.99. The summed E-state index contributed by atoms with van der Waals surface area (Å²) in [4.78, 5) is 28.7. The summed E-state index contributed by atoms with van der Waals surface area (Å²) in [5.74, 6) is -0.366. The van der Waals surface area contributed by atoms with E-state index in [1.54, 1.807) is 65.6 Å². The van der Waals surface area contributed by atoms with Crippen LogP contribution in [0.2, 0.25) is 5.02 Å². The van der Waals surface area contributed by atoms with Crippen molar-refractivity contribution in [1.29, 1.82) is 0 Å². The second kappa shape index (κ2) is 10.1. The number of benzene rings is 2. The van der Waals surface area contributed by atoms with Gasteiger partial charge in [-0.3, -0.25) is 19.1 Å². The van der Waals surface area contributed by atoms with Gasteiger partial charge in [-0.25, -0.2) is 0 Å². The van der Waals surface area contributed by atoms with Crippen LogP contribution in [0.3, 0.4) is 0 Å². The Hall–Kier alpha value is -3.69. The van der Waals surface area contributed by atoms with Crippen molar-refractivity contribution in [2.45, 2.75) is 5.16 Å². The largest absolute Gasteiger partial charge is 0.325 e. The average Bonchev–Trinajstić information content (AvgIpc) is 3.27. The fourth-order valence-corrected chi connectivity index (χ4v) is 3.74. The SMILES string of the molecule is O=C(CSc1nncn1-c1cccc(Cl)c1)Nc1cccc(NC(=O)c2cccnc2)c1. The van der Waals surface area contributed by atoms with Crippen molar-refractivity contribution in [2.24, 2.45) is 0 Å². The van der Waals surface area contributed by atoms with E-state index in [4.69, 9.17) is 11.6 Å². The molecule has 0 saturated carbocycles. The Labute approximate surface area is 193 Å². The summed E-state index contributed by atoms with van der Waals surface area (Å²) < 4.78 is 1.76. The first kappa shape index (κ1) is 21.5. The summed E-state index contributed by atoms with van der Waals surface area (Å²) in [5.41, 5.74) is 2.38. The lowest BCUT2D eigenvalue weighted by Crippen LogP contribution is -2.15. The number of amides is 2. The van der Waals surface area contributed by atoms with Gasteiger partial charge in [-0.1, -0.05) is 35.5 Å². The molecule has 0 saturated heterocycles. The van der Waals surface area contributed by atoms with Crippen LogP contribution in [0.1, 0.15) is 10.4 Å². The lowest BCUT2D eigenvalue weighted by molar-refractivity contribution is -0.113. The van der Waals surface area contributed by atoms with Crippen LogP contribution < -0.4 is 10.6 Å². The van der Waals surface area contributed by atoms with Crippen molar-refractivity contribution in [1.82, 2.24) is 19.7 Å². The van der Waals surface area contributed by atoms with Crippen LogP contribution in [0.4, 0.5) is 11.4 Å². The smallest absolute Gasteiger partial charge is 0.257 e. The van der Waals surface area contributed by atoms with Gasteiger partial charge in [0.1, 0.15) is 6.33 Å². The molecule has 0 radical (unpaired) electrons. The Kier molecular flexibility index (Phi) is 6.78. The zero-order chi connectivity index (χ0) is 22.3. The van der Waals surface area contributed by atoms with Crippen molar-refractivity contribution in [3.8, 4) is 5.69 Å². The zero-order valence-electron chi connectivity index (χ0n) is 16.6. The number of carbonyl (C=O) groups is 2. The quantitative estimate of drug-likeness (QED) is 0.395. The minimum Gasteiger partial charge on any atom is -0.325 e. The van der Waals surface area contributed by atoms with Crippen molar-refractivity contribution < 1.29 is 9.59 Å². The molecule has 0 unspecified atom stereocenters. The van der Waals surface area contributed by atoms with Crippen LogP contribution in [0, 0.1) is 0 Å². The number of hydrogen-bond acceptors (Lipinski definition) is 6. The summed E-state index contributed by atoms with van der Waals surface area (Å²) in [7, 11) is 0. The van der Waals surface area contributed by atoms with Gasteiger partial charge in [0.15, 0.2) is 5.16 Å². The van der Waals surface area contributed by atoms with Crippen molar-refractivity contribution in [3.63, 3.8) is 0 Å². The molecule has 0 bridgehead atoms. The summed E-state index contributed by atoms with van der Waals surface area (Å²) in [6, 6.07) is 17.6. The lowest BCUT2D eigenvalue weighted by Gasteiger charge is -2.09. The number of carbonyl (C=O) groups excluding carboxylic acids is 2. The maximum atomic E-state index is 12.5. The third-order valence-electron chi connectivity index (χ3n) is 4.26. The molecule has 8 nitrogen and oxygen atoms in total. The summed E-state index contributed by atoms with van der Waals surface area (Å²) in [6.45, 7) is 0. The van der Waals surface area contributed by atoms with Crippen LogP contribution >= 0.6 is 23.4 Å². The predicted octanol–water partition coefficient (Wildman–Crippen LogP) is 4.30. The monoisotopic (exact) mass is 464 g/mol. The van der Waals surface area contributed by atoms with Gasteiger partial charge in [0.05, 0.1) is 17.0 Å². The Bertz CT molecular complexity index is 1250. The zero-order valence-corrected chi connectivity index (χ0v) is 18.2. The number of nitrogens with one attached hydrogen (secondary N) is 2. The van der Waals surface area contributed by atoms with Crippen molar-refractivity contribution >= 4 is 46.6 Å². The normalized spacial score (nSPS) is 10.5. The number of thioether (sulfide) groups is 1. The first-order valence-electron chi connectivity index (χ1n) is 9.48. The van der Waals surface area contributed by atoms with Crippen LogP contribution in [-0.4, -0.2) is 37.3 Å². The van der Waals surface area contributed by atoms with Crippen molar-refractivity contribution in [2.75, 3.05) is 16.4 Å². The first-order chi connectivity index (χ1) is 15.6. The number of pyridine rings is 1. The fraction of sp³-hybridized carbons (Fsp3) is 0.0455. The average molecular weight is 465 g/mol. The number of halogens is 1. The second-order valence-electron chi connectivity index (χ2n) is 6.58. The molecule has 2 aromatic heterocycles. The molecule has 0 atom stereocenters. The molecule has 2 N–H and O–H groups in total. The van der Waals surface area contributed by atoms with E-state index in [1.807, 2.05) is 12.1 Å². The highest BCUT2D eigenvalue weighted by Crippen LogP contribution is 2.22. The summed E-state index contributed by atoms with van der Waals surface area (Å²) >= 11 is 7.31. The van der Waals surface area contributed by atoms with E-state index in [9.17, 15) is 9.59 Å². The minimum absolute atomic E-state index is 0.130. The van der Waals surface area contributed by atoms with E-state index in [0.717, 1.165) is 5.69 Å². The van der Waals surface area contributed by atoms with Crippen molar-refractivity contribution in [3.05, 3.63) is 90.0 Å². The van der Waals surface area contributed by atoms with E-state index in [0.29, 0.717) is 27.1 Å². The number of nitrogens with zero attached hydrogens (tertiary/aromatic N) is 4. The Morgan fingerprint density at radius 3 is 2.59 bits per heavy atom. The number of hydrogen-bond donors (Lipinski definition) is 2. The minimum atomic E-state index is -0.280. The number of anilines is 2. The number of aromatic nitrogens is 4. The molecule has 4 rings (SSSR count). The van der Waals surface area contributed by atoms with Crippen LogP contribution in [0.25, 0.3) is 5.69 Å². The summed E-state index contributed by atoms with van der Waals surface area (Å²) in [5, 5.41) is 14.8. The molecule has 2 amide bonds. The maximum absolute atomic E-state index is 12.5. The van der Waals surface area contributed by atoms with E-state index in [-0.39, 0.29) is 17.6 Å². The molecular formula is C22H17ClN6O2S. The van der Waals surface area contributed by atoms with Gasteiger partial charge in [-0.15, -0.1) is 10.2 Å². The molecular weight excluding hydrogens is 448 g/mol. The summed E-state index contributed by atoms with van der Waals surface area (Å²) in [6.07, 6.45) is 4.66. The molecule has 2 aromatic carbocycles. The van der Waals surface area contributed by atoms with Gasteiger partial charge in [0, 0.05) is 28.8 Å². The Balaban J connectivity index is 1.36. The standard InChI is InChI=1S/C22H17ClN6O2S/c23-16-5-1-8-19(10-16)29-14-25-28-22(29)32-13-20(30)26-17-6-2-7-18(11-17)27-21(31)15-4-3-9-24-12-15/h1-12,14H,13H2,(H,26,30)(H,27,31). The van der Waals surface area contributed by atoms with Gasteiger partial charge in [-0.2, -0.15) is 0 Å². The molecule has 4 aromatic rings. The van der Waals surface area contributed by atoms with Gasteiger partial charge in [0.25, 0.3) is 5.91 Å². The van der Waals surface area contributed by atoms with Crippen LogP contribution in [0.15, 0.2) is 84.5 Å². The third kappa shape index (κ3) is 5.51. The number of rotatable bonds is 7. The second-order valence-corrected chi connectivity index (χ2v) is 7.96. The molecule has 0 aliphatic rings. The van der Waals surface area contributed by atoms with Gasteiger partial charge >= 0.3 is 0 Å². The Morgan fingerprint density at radius 1 is 1.00 bits per heavy atom. The van der Waals surface area contributed by atoms with E-state index < -0.39 is 0 Å². The van der Waals surface area contributed by atoms with Gasteiger partial charge in [0.2, 0.25) is 5.91 Å². The molecule has 0 fully saturated rings. The third-order valence-corrected chi connectivity index (χ3v) is 5.44. The predicted molar refractivity (Wildman–Crippen MR) is 124 cm³/mol. The molecule has 0 aliphatic heterocycles. The maximum Gasteiger partial charge on any atom is 0.257 e. The molecule has 2 heterocycles. The first-order valence-corrected chi connectivity index (χ1v) is 10.8. The lowest BCUT2D eigenvalue weighted by atomic mass is 10.2. The van der Waals surface area contributed by atoms with Crippen LogP contribution in [0.5, 0.6) is 0 Å². The topological polar surface area (TPSA) is 102 Å². The molecule has 10 heteroatoms. The van der Waals surface area contributed by atoms with E-state index in [2.05, 4.69) is 25.8 Å². The Morgan fingerprint density at radius 2 is 1.81 bits per heavy atom. The molecule has 0 aliphatic carbocycles. The van der Waals surface area contributed by atoms with Gasteiger partial charge in [-0.05, 0) is 48.5 Å². The molecule has 32 heavy (non-hydrogen) atoms. The van der Waals surface area contributed by atoms with Crippen LogP contribution in [-0.2, 0) is 4.79 Å².